The highest BCUT2D eigenvalue weighted by atomic mass is 16.4. The van der Waals surface area contributed by atoms with E-state index in [9.17, 15) is 9.59 Å². The Morgan fingerprint density at radius 2 is 1.97 bits per heavy atom. The van der Waals surface area contributed by atoms with Crippen LogP contribution in [0.3, 0.4) is 0 Å². The predicted molar refractivity (Wildman–Crippen MR) is 115 cm³/mol. The molecule has 1 aromatic carbocycles. The summed E-state index contributed by atoms with van der Waals surface area (Å²) in [7, 11) is 0. The van der Waals surface area contributed by atoms with Crippen LogP contribution in [0.5, 0.6) is 0 Å². The second-order valence-corrected chi connectivity index (χ2v) is 8.55. The molecule has 154 valence electrons. The number of amides is 1. The summed E-state index contributed by atoms with van der Waals surface area (Å²) in [6.07, 6.45) is 5.08. The summed E-state index contributed by atoms with van der Waals surface area (Å²) in [6.45, 7) is 8.58. The van der Waals surface area contributed by atoms with Crippen molar-refractivity contribution in [1.82, 2.24) is 10.3 Å². The smallest absolute Gasteiger partial charge is 0.340 e. The molecule has 4 aromatic rings. The molecule has 0 bridgehead atoms. The van der Waals surface area contributed by atoms with Crippen LogP contribution in [0.25, 0.3) is 21.9 Å². The van der Waals surface area contributed by atoms with Crippen LogP contribution in [0.15, 0.2) is 56.6 Å². The third-order valence-corrected chi connectivity index (χ3v) is 5.34. The summed E-state index contributed by atoms with van der Waals surface area (Å²) < 4.78 is 11.2. The van der Waals surface area contributed by atoms with Crippen LogP contribution in [0.4, 0.5) is 0 Å². The van der Waals surface area contributed by atoms with Gasteiger partial charge in [0.15, 0.2) is 0 Å². The maximum atomic E-state index is 12.6. The Labute approximate surface area is 173 Å². The van der Waals surface area contributed by atoms with E-state index in [1.807, 2.05) is 25.1 Å². The van der Waals surface area contributed by atoms with Gasteiger partial charge in [0.2, 0.25) is 5.91 Å². The number of hydrogen-bond donors (Lipinski definition) is 1. The zero-order valence-electron chi connectivity index (χ0n) is 17.5. The van der Waals surface area contributed by atoms with Crippen molar-refractivity contribution in [2.45, 2.75) is 46.1 Å². The lowest BCUT2D eigenvalue weighted by molar-refractivity contribution is -0.120. The van der Waals surface area contributed by atoms with Crippen LogP contribution in [0.1, 0.15) is 43.0 Å². The van der Waals surface area contributed by atoms with Crippen LogP contribution in [-0.2, 0) is 23.2 Å². The first-order chi connectivity index (χ1) is 14.2. The van der Waals surface area contributed by atoms with Crippen LogP contribution in [-0.4, -0.2) is 10.9 Å². The molecule has 0 spiro atoms. The van der Waals surface area contributed by atoms with Gasteiger partial charge >= 0.3 is 5.63 Å². The number of nitrogens with zero attached hydrogens (tertiary/aromatic N) is 1. The molecular weight excluding hydrogens is 380 g/mol. The normalized spacial score (nSPS) is 11.9. The van der Waals surface area contributed by atoms with Crippen molar-refractivity contribution in [2.24, 2.45) is 0 Å². The second kappa shape index (κ2) is 7.44. The summed E-state index contributed by atoms with van der Waals surface area (Å²) in [6, 6.07) is 7.43. The van der Waals surface area contributed by atoms with Crippen molar-refractivity contribution < 1.29 is 13.6 Å². The van der Waals surface area contributed by atoms with Gasteiger partial charge in [0.1, 0.15) is 11.2 Å². The minimum Gasteiger partial charge on any atom is -0.464 e. The van der Waals surface area contributed by atoms with Crippen molar-refractivity contribution in [3.63, 3.8) is 0 Å². The quantitative estimate of drug-likeness (QED) is 0.510. The van der Waals surface area contributed by atoms with E-state index in [1.54, 1.807) is 24.7 Å². The number of aryl methyl sites for hydroxylation is 1. The molecule has 0 aliphatic carbocycles. The Morgan fingerprint density at radius 1 is 1.17 bits per heavy atom. The van der Waals surface area contributed by atoms with Gasteiger partial charge in [-0.25, -0.2) is 4.79 Å². The molecule has 6 nitrogen and oxygen atoms in total. The lowest BCUT2D eigenvalue weighted by atomic mass is 9.86. The van der Waals surface area contributed by atoms with E-state index in [1.165, 1.54) is 0 Å². The van der Waals surface area contributed by atoms with Crippen LogP contribution in [0.2, 0.25) is 0 Å². The van der Waals surface area contributed by atoms with E-state index in [0.717, 1.165) is 27.5 Å². The molecule has 0 unspecified atom stereocenters. The first-order valence-corrected chi connectivity index (χ1v) is 9.87. The molecule has 0 aliphatic heterocycles. The van der Waals surface area contributed by atoms with E-state index in [0.29, 0.717) is 23.3 Å². The van der Waals surface area contributed by atoms with E-state index >= 15 is 0 Å². The van der Waals surface area contributed by atoms with Crippen molar-refractivity contribution in [3.8, 4) is 0 Å². The zero-order valence-corrected chi connectivity index (χ0v) is 17.5. The summed E-state index contributed by atoms with van der Waals surface area (Å²) in [5, 5.41) is 4.62. The molecule has 4 rings (SSSR count). The fourth-order valence-electron chi connectivity index (χ4n) is 3.62. The number of benzene rings is 1. The number of rotatable bonds is 4. The number of aromatic nitrogens is 1. The van der Waals surface area contributed by atoms with Crippen molar-refractivity contribution in [3.05, 3.63) is 75.6 Å². The first kappa shape index (κ1) is 19.9. The number of carbonyl (C=O) groups is 1. The van der Waals surface area contributed by atoms with Crippen molar-refractivity contribution in [2.75, 3.05) is 0 Å². The number of furan rings is 1. The largest absolute Gasteiger partial charge is 0.464 e. The molecule has 0 radical (unpaired) electrons. The number of pyridine rings is 1. The number of nitrogens with one attached hydrogen (secondary N) is 1. The molecule has 0 saturated carbocycles. The van der Waals surface area contributed by atoms with Gasteiger partial charge in [0.05, 0.1) is 18.2 Å². The number of carbonyl (C=O) groups excluding carboxylic acids is 1. The predicted octanol–water partition coefficient (Wildman–Crippen LogP) is 4.40. The molecule has 0 aliphatic rings. The average Bonchev–Trinajstić information content (AvgIpc) is 3.12. The highest BCUT2D eigenvalue weighted by Gasteiger charge is 2.22. The summed E-state index contributed by atoms with van der Waals surface area (Å²) in [5.41, 5.74) is 3.64. The van der Waals surface area contributed by atoms with Gasteiger partial charge in [-0.2, -0.15) is 0 Å². The van der Waals surface area contributed by atoms with Crippen LogP contribution < -0.4 is 10.9 Å². The fourth-order valence-corrected chi connectivity index (χ4v) is 3.62. The van der Waals surface area contributed by atoms with Gasteiger partial charge < -0.3 is 14.2 Å². The van der Waals surface area contributed by atoms with E-state index in [4.69, 9.17) is 8.83 Å². The summed E-state index contributed by atoms with van der Waals surface area (Å²) >= 11 is 0. The molecule has 3 aromatic heterocycles. The number of hydrogen-bond acceptors (Lipinski definition) is 5. The van der Waals surface area contributed by atoms with Gasteiger partial charge in [0, 0.05) is 41.3 Å². The third-order valence-electron chi connectivity index (χ3n) is 5.34. The molecule has 3 heterocycles. The fraction of sp³-hybridized carbons (Fsp3) is 0.292. The van der Waals surface area contributed by atoms with E-state index < -0.39 is 5.63 Å². The Kier molecular flexibility index (Phi) is 4.94. The van der Waals surface area contributed by atoms with Crippen LogP contribution >= 0.6 is 0 Å². The van der Waals surface area contributed by atoms with E-state index in [2.05, 4.69) is 31.1 Å². The Bertz CT molecular complexity index is 1290. The lowest BCUT2D eigenvalue weighted by Crippen LogP contribution is -2.27. The third kappa shape index (κ3) is 3.73. The molecule has 1 N–H and O–H groups in total. The molecule has 0 fully saturated rings. The minimum atomic E-state index is -0.501. The first-order valence-electron chi connectivity index (χ1n) is 9.87. The second-order valence-electron chi connectivity index (χ2n) is 8.55. The molecule has 1 amide bonds. The zero-order chi connectivity index (χ0) is 21.5. The molecular formula is C24H24N2O4. The summed E-state index contributed by atoms with van der Waals surface area (Å²) in [4.78, 5) is 29.1. The van der Waals surface area contributed by atoms with Crippen molar-refractivity contribution >= 4 is 27.8 Å². The van der Waals surface area contributed by atoms with Gasteiger partial charge in [-0.1, -0.05) is 26.8 Å². The molecule has 30 heavy (non-hydrogen) atoms. The van der Waals surface area contributed by atoms with Gasteiger partial charge in [-0.05, 0) is 35.6 Å². The highest BCUT2D eigenvalue weighted by Crippen LogP contribution is 2.35. The Hall–Kier alpha value is -3.41. The van der Waals surface area contributed by atoms with Gasteiger partial charge in [-0.3, -0.25) is 9.78 Å². The SMILES string of the molecule is Cc1c(CC(=O)NCc2cccnc2)c(=O)oc2cc3occ(C(C)(C)C)c3cc12. The molecule has 6 heteroatoms. The van der Waals surface area contributed by atoms with Gasteiger partial charge in [0.25, 0.3) is 0 Å². The topological polar surface area (TPSA) is 85.3 Å². The lowest BCUT2D eigenvalue weighted by Gasteiger charge is -2.16. The Balaban J connectivity index is 1.68. The monoisotopic (exact) mass is 404 g/mol. The van der Waals surface area contributed by atoms with Gasteiger partial charge in [-0.15, -0.1) is 0 Å². The average molecular weight is 404 g/mol. The summed E-state index contributed by atoms with van der Waals surface area (Å²) in [5.74, 6) is -0.242. The Morgan fingerprint density at radius 3 is 2.67 bits per heavy atom. The van der Waals surface area contributed by atoms with Crippen LogP contribution in [0, 0.1) is 6.92 Å². The van der Waals surface area contributed by atoms with Crippen molar-refractivity contribution in [1.29, 1.82) is 0 Å². The maximum Gasteiger partial charge on any atom is 0.340 e. The highest BCUT2D eigenvalue weighted by molar-refractivity contribution is 5.97. The number of fused-ring (bicyclic) bond motifs is 2. The standard InChI is InChI=1S/C24H24N2O4/c1-14-16-8-18-19(24(2,3)4)13-29-20(18)10-21(16)30-23(28)17(14)9-22(27)26-12-15-6-5-7-25-11-15/h5-8,10-11,13H,9,12H2,1-4H3,(H,26,27). The molecule has 0 saturated heterocycles. The van der Waals surface area contributed by atoms with E-state index in [-0.39, 0.29) is 17.7 Å². The maximum absolute atomic E-state index is 12.6. The minimum absolute atomic E-state index is 0.0417. The molecule has 0 atom stereocenters.